The minimum Gasteiger partial charge on any atom is -0.325 e. The number of rotatable bonds is 3. The number of amides is 1. The number of hydrogen-bond acceptors (Lipinski definition) is 1. The summed E-state index contributed by atoms with van der Waals surface area (Å²) in [6.07, 6.45) is -3.34. The number of anilines is 1. The fourth-order valence-corrected chi connectivity index (χ4v) is 2.80. The van der Waals surface area contributed by atoms with Crippen LogP contribution in [0.15, 0.2) is 48.5 Å². The van der Waals surface area contributed by atoms with E-state index in [0.717, 1.165) is 11.6 Å². The van der Waals surface area contributed by atoms with Crippen molar-refractivity contribution in [2.24, 2.45) is 0 Å². The van der Waals surface area contributed by atoms with Crippen LogP contribution in [0.2, 0.25) is 5.02 Å². The van der Waals surface area contributed by atoms with Crippen LogP contribution in [0, 0.1) is 0 Å². The number of nitrogens with one attached hydrogen (secondary N) is 1. The fourth-order valence-electron chi connectivity index (χ4n) is 2.63. The summed E-state index contributed by atoms with van der Waals surface area (Å²) >= 11 is 5.64. The molecule has 0 aliphatic heterocycles. The van der Waals surface area contributed by atoms with Crippen LogP contribution in [0.4, 0.5) is 18.9 Å². The molecule has 0 atom stereocenters. The third-order valence-corrected chi connectivity index (χ3v) is 4.28. The molecule has 2 aromatic rings. The van der Waals surface area contributed by atoms with Crippen LogP contribution in [-0.2, 0) is 16.4 Å². The lowest BCUT2D eigenvalue weighted by molar-refractivity contribution is -0.137. The molecule has 2 aromatic carbocycles. The number of benzene rings is 2. The maximum absolute atomic E-state index is 13.1. The summed E-state index contributed by atoms with van der Waals surface area (Å²) in [7, 11) is 0. The lowest BCUT2D eigenvalue weighted by atomic mass is 9.95. The van der Waals surface area contributed by atoms with Gasteiger partial charge in [0.15, 0.2) is 0 Å². The van der Waals surface area contributed by atoms with Crippen molar-refractivity contribution in [3.05, 3.63) is 64.7 Å². The first-order valence-electron chi connectivity index (χ1n) is 7.07. The van der Waals surface area contributed by atoms with Crippen molar-refractivity contribution >= 4 is 23.2 Å². The van der Waals surface area contributed by atoms with Gasteiger partial charge in [-0.3, -0.25) is 4.79 Å². The van der Waals surface area contributed by atoms with Crippen LogP contribution in [0.3, 0.4) is 0 Å². The number of halogens is 4. The molecule has 0 saturated heterocycles. The van der Waals surface area contributed by atoms with Gasteiger partial charge >= 0.3 is 6.18 Å². The lowest BCUT2D eigenvalue weighted by Crippen LogP contribution is -2.28. The van der Waals surface area contributed by atoms with E-state index in [1.54, 1.807) is 0 Å². The average molecular weight is 340 g/mol. The predicted octanol–water partition coefficient (Wildman–Crippen LogP) is 5.03. The highest BCUT2D eigenvalue weighted by Crippen LogP contribution is 2.49. The maximum Gasteiger partial charge on any atom is 0.418 e. The van der Waals surface area contributed by atoms with Crippen LogP contribution >= 0.6 is 11.6 Å². The number of hydrogen-bond donors (Lipinski definition) is 1. The van der Waals surface area contributed by atoms with Crippen LogP contribution < -0.4 is 5.32 Å². The highest BCUT2D eigenvalue weighted by Gasteiger charge is 2.51. The standard InChI is InChI=1S/C17H13ClF3NO/c18-12-6-7-14(13(10-12)17(19,20)21)22-15(23)16(8-9-16)11-4-2-1-3-5-11/h1-7,10H,8-9H2,(H,22,23). The van der Waals surface area contributed by atoms with Gasteiger partial charge in [-0.25, -0.2) is 0 Å². The van der Waals surface area contributed by atoms with E-state index in [2.05, 4.69) is 5.32 Å². The molecule has 1 fully saturated rings. The number of carbonyl (C=O) groups excluding carboxylic acids is 1. The van der Waals surface area contributed by atoms with Crippen LogP contribution in [0.5, 0.6) is 0 Å². The molecule has 6 heteroatoms. The van der Waals surface area contributed by atoms with Crippen LogP contribution in [0.1, 0.15) is 24.0 Å². The van der Waals surface area contributed by atoms with Gasteiger partial charge in [0.1, 0.15) is 0 Å². The molecule has 0 spiro atoms. The molecule has 23 heavy (non-hydrogen) atoms. The summed E-state index contributed by atoms with van der Waals surface area (Å²) in [5.74, 6) is -0.420. The maximum atomic E-state index is 13.1. The van der Waals surface area contributed by atoms with Gasteiger partial charge in [0.2, 0.25) is 5.91 Å². The summed E-state index contributed by atoms with van der Waals surface area (Å²) in [4.78, 5) is 12.5. The van der Waals surface area contributed by atoms with Gasteiger partial charge in [0.05, 0.1) is 16.7 Å². The molecule has 1 aliphatic rings. The Morgan fingerprint density at radius 1 is 1.09 bits per heavy atom. The Morgan fingerprint density at radius 2 is 1.74 bits per heavy atom. The van der Waals surface area contributed by atoms with Crippen molar-refractivity contribution in [3.8, 4) is 0 Å². The van der Waals surface area contributed by atoms with E-state index in [1.807, 2.05) is 30.3 Å². The Morgan fingerprint density at radius 3 is 2.30 bits per heavy atom. The third kappa shape index (κ3) is 3.06. The minimum absolute atomic E-state index is 0.0282. The Bertz CT molecular complexity index is 739. The Hall–Kier alpha value is -2.01. The fraction of sp³-hybridized carbons (Fsp3) is 0.235. The van der Waals surface area contributed by atoms with Gasteiger partial charge in [-0.2, -0.15) is 13.2 Å². The summed E-state index contributed by atoms with van der Waals surface area (Å²) in [5, 5.41) is 2.40. The zero-order chi connectivity index (χ0) is 16.7. The molecular weight excluding hydrogens is 327 g/mol. The molecule has 1 amide bonds. The van der Waals surface area contributed by atoms with Gasteiger partial charge in [0, 0.05) is 5.02 Å². The van der Waals surface area contributed by atoms with E-state index in [-0.39, 0.29) is 10.7 Å². The molecule has 3 rings (SSSR count). The molecule has 0 heterocycles. The SMILES string of the molecule is O=C(Nc1ccc(Cl)cc1C(F)(F)F)C1(c2ccccc2)CC1. The van der Waals surface area contributed by atoms with Crippen LogP contribution in [-0.4, -0.2) is 5.91 Å². The van der Waals surface area contributed by atoms with Gasteiger partial charge in [-0.1, -0.05) is 41.9 Å². The smallest absolute Gasteiger partial charge is 0.325 e. The second kappa shape index (κ2) is 5.57. The van der Waals surface area contributed by atoms with Crippen molar-refractivity contribution in [1.29, 1.82) is 0 Å². The average Bonchev–Trinajstić information content (AvgIpc) is 3.31. The van der Waals surface area contributed by atoms with Gasteiger partial charge < -0.3 is 5.32 Å². The number of alkyl halides is 3. The highest BCUT2D eigenvalue weighted by atomic mass is 35.5. The molecule has 0 unspecified atom stereocenters. The summed E-state index contributed by atoms with van der Waals surface area (Å²) in [6, 6.07) is 12.4. The van der Waals surface area contributed by atoms with Crippen molar-refractivity contribution in [1.82, 2.24) is 0 Å². The Kier molecular flexibility index (Phi) is 3.84. The van der Waals surface area contributed by atoms with E-state index < -0.39 is 23.1 Å². The first kappa shape index (κ1) is 15.9. The first-order valence-corrected chi connectivity index (χ1v) is 7.44. The Balaban J connectivity index is 1.90. The lowest BCUT2D eigenvalue weighted by Gasteiger charge is -2.19. The molecule has 1 aliphatic carbocycles. The highest BCUT2D eigenvalue weighted by molar-refractivity contribution is 6.30. The topological polar surface area (TPSA) is 29.1 Å². The van der Waals surface area contributed by atoms with E-state index >= 15 is 0 Å². The quantitative estimate of drug-likeness (QED) is 0.835. The molecule has 0 aromatic heterocycles. The van der Waals surface area contributed by atoms with Gasteiger partial charge in [-0.15, -0.1) is 0 Å². The normalized spacial score (nSPS) is 16.0. The van der Waals surface area contributed by atoms with E-state index in [9.17, 15) is 18.0 Å². The molecule has 0 bridgehead atoms. The Labute approximate surface area is 136 Å². The predicted molar refractivity (Wildman–Crippen MR) is 82.4 cm³/mol. The minimum atomic E-state index is -4.59. The zero-order valence-corrected chi connectivity index (χ0v) is 12.7. The van der Waals surface area contributed by atoms with Gasteiger partial charge in [-0.05, 0) is 36.6 Å². The van der Waals surface area contributed by atoms with Crippen molar-refractivity contribution in [2.75, 3.05) is 5.32 Å². The van der Waals surface area contributed by atoms with Gasteiger partial charge in [0.25, 0.3) is 0 Å². The summed E-state index contributed by atoms with van der Waals surface area (Å²) in [6.45, 7) is 0. The molecule has 1 saturated carbocycles. The molecule has 1 N–H and O–H groups in total. The van der Waals surface area contributed by atoms with E-state index in [0.29, 0.717) is 12.8 Å². The zero-order valence-electron chi connectivity index (χ0n) is 12.0. The first-order chi connectivity index (χ1) is 10.8. The largest absolute Gasteiger partial charge is 0.418 e. The van der Waals surface area contributed by atoms with Crippen molar-refractivity contribution < 1.29 is 18.0 Å². The molecule has 0 radical (unpaired) electrons. The second-order valence-electron chi connectivity index (χ2n) is 5.59. The third-order valence-electron chi connectivity index (χ3n) is 4.05. The van der Waals surface area contributed by atoms with Crippen molar-refractivity contribution in [2.45, 2.75) is 24.4 Å². The van der Waals surface area contributed by atoms with Crippen molar-refractivity contribution in [3.63, 3.8) is 0 Å². The summed E-state index contributed by atoms with van der Waals surface area (Å²) < 4.78 is 39.3. The molecule has 2 nitrogen and oxygen atoms in total. The molecule has 120 valence electrons. The second-order valence-corrected chi connectivity index (χ2v) is 6.03. The monoisotopic (exact) mass is 339 g/mol. The summed E-state index contributed by atoms with van der Waals surface area (Å²) in [5.41, 5.74) is -1.12. The van der Waals surface area contributed by atoms with E-state index in [4.69, 9.17) is 11.6 Å². The van der Waals surface area contributed by atoms with Crippen LogP contribution in [0.25, 0.3) is 0 Å². The number of carbonyl (C=O) groups is 1. The molecular formula is C17H13ClF3NO. The van der Waals surface area contributed by atoms with E-state index in [1.165, 1.54) is 12.1 Å².